The molecule has 6 heteroatoms. The summed E-state index contributed by atoms with van der Waals surface area (Å²) in [4.78, 5) is 12.8. The standard InChI is InChI=1S/C14H20N2O4/c1-11(2)15-7-8-19-12(9-15)10-20-14-6-4-3-5-13(14)16(17)18/h3-6,11-12H,7-10H2,1-2H3/t12-/m0/s1. The Hall–Kier alpha value is -1.66. The van der Waals surface area contributed by atoms with Crippen molar-refractivity contribution in [3.63, 3.8) is 0 Å². The SMILES string of the molecule is CC(C)N1CCO[C@H](COc2ccccc2[N+](=O)[O-])C1. The van der Waals surface area contributed by atoms with Crippen LogP contribution in [0.4, 0.5) is 5.69 Å². The molecule has 1 aromatic carbocycles. The molecule has 0 amide bonds. The first-order valence-electron chi connectivity index (χ1n) is 6.80. The summed E-state index contributed by atoms with van der Waals surface area (Å²) >= 11 is 0. The zero-order chi connectivity index (χ0) is 14.5. The van der Waals surface area contributed by atoms with Crippen LogP contribution in [0.1, 0.15) is 13.8 Å². The Balaban J connectivity index is 1.94. The summed E-state index contributed by atoms with van der Waals surface area (Å²) in [7, 11) is 0. The third-order valence-corrected chi connectivity index (χ3v) is 3.39. The van der Waals surface area contributed by atoms with Gasteiger partial charge < -0.3 is 9.47 Å². The van der Waals surface area contributed by atoms with E-state index >= 15 is 0 Å². The van der Waals surface area contributed by atoms with Crippen LogP contribution < -0.4 is 4.74 Å². The zero-order valence-electron chi connectivity index (χ0n) is 11.8. The number of rotatable bonds is 5. The maximum atomic E-state index is 10.9. The first-order valence-corrected chi connectivity index (χ1v) is 6.80. The van der Waals surface area contributed by atoms with Crippen LogP contribution >= 0.6 is 0 Å². The normalized spacial score (nSPS) is 20.1. The fraction of sp³-hybridized carbons (Fsp3) is 0.571. The molecule has 0 spiro atoms. The molecule has 2 rings (SSSR count). The quantitative estimate of drug-likeness (QED) is 0.610. The van der Waals surface area contributed by atoms with Gasteiger partial charge in [0.15, 0.2) is 5.75 Å². The van der Waals surface area contributed by atoms with Gasteiger partial charge in [-0.25, -0.2) is 0 Å². The van der Waals surface area contributed by atoms with Crippen molar-refractivity contribution in [2.45, 2.75) is 26.0 Å². The van der Waals surface area contributed by atoms with Crippen molar-refractivity contribution < 1.29 is 14.4 Å². The van der Waals surface area contributed by atoms with Crippen molar-refractivity contribution in [3.05, 3.63) is 34.4 Å². The van der Waals surface area contributed by atoms with E-state index in [0.29, 0.717) is 25.0 Å². The highest BCUT2D eigenvalue weighted by Crippen LogP contribution is 2.26. The molecule has 0 bridgehead atoms. The van der Waals surface area contributed by atoms with E-state index in [1.807, 2.05) is 0 Å². The van der Waals surface area contributed by atoms with Gasteiger partial charge in [-0.1, -0.05) is 12.1 Å². The lowest BCUT2D eigenvalue weighted by atomic mass is 10.2. The molecular formula is C14H20N2O4. The predicted octanol–water partition coefficient (Wildman–Crippen LogP) is 2.08. The molecule has 0 saturated carbocycles. The third kappa shape index (κ3) is 3.68. The lowest BCUT2D eigenvalue weighted by molar-refractivity contribution is -0.386. The molecule has 1 heterocycles. The number of nitro benzene ring substituents is 1. The van der Waals surface area contributed by atoms with Crippen LogP contribution in [0.15, 0.2) is 24.3 Å². The van der Waals surface area contributed by atoms with Crippen molar-refractivity contribution in [1.29, 1.82) is 0 Å². The number of hydrogen-bond donors (Lipinski definition) is 0. The number of morpholine rings is 1. The number of hydrogen-bond acceptors (Lipinski definition) is 5. The van der Waals surface area contributed by atoms with Gasteiger partial charge in [-0.2, -0.15) is 0 Å². The molecule has 0 aliphatic carbocycles. The fourth-order valence-electron chi connectivity index (χ4n) is 2.22. The summed E-state index contributed by atoms with van der Waals surface area (Å²) < 4.78 is 11.2. The zero-order valence-corrected chi connectivity index (χ0v) is 11.8. The van der Waals surface area contributed by atoms with Gasteiger partial charge in [0.05, 0.1) is 11.5 Å². The molecule has 110 valence electrons. The topological polar surface area (TPSA) is 64.8 Å². The van der Waals surface area contributed by atoms with Crippen LogP contribution in [-0.4, -0.2) is 48.3 Å². The van der Waals surface area contributed by atoms with Crippen molar-refractivity contribution in [3.8, 4) is 5.75 Å². The van der Waals surface area contributed by atoms with Gasteiger partial charge in [-0.05, 0) is 19.9 Å². The second kappa shape index (κ2) is 6.67. The summed E-state index contributed by atoms with van der Waals surface area (Å²) in [6.45, 7) is 6.99. The highest BCUT2D eigenvalue weighted by atomic mass is 16.6. The maximum Gasteiger partial charge on any atom is 0.310 e. The first kappa shape index (κ1) is 14.7. The minimum absolute atomic E-state index is 0.0102. The van der Waals surface area contributed by atoms with E-state index in [-0.39, 0.29) is 11.8 Å². The molecule has 1 fully saturated rings. The summed E-state index contributed by atoms with van der Waals surface area (Å²) in [5, 5.41) is 10.9. The Bertz CT molecular complexity index is 464. The molecule has 0 radical (unpaired) electrons. The largest absolute Gasteiger partial charge is 0.484 e. The van der Waals surface area contributed by atoms with Crippen LogP contribution in [0.5, 0.6) is 5.75 Å². The Morgan fingerprint density at radius 2 is 2.25 bits per heavy atom. The number of ether oxygens (including phenoxy) is 2. The lowest BCUT2D eigenvalue weighted by Crippen LogP contribution is -2.47. The van der Waals surface area contributed by atoms with Crippen LogP contribution in [-0.2, 0) is 4.74 Å². The van der Waals surface area contributed by atoms with Gasteiger partial charge in [0.1, 0.15) is 12.7 Å². The van der Waals surface area contributed by atoms with Gasteiger partial charge in [0, 0.05) is 25.2 Å². The second-order valence-electron chi connectivity index (χ2n) is 5.12. The lowest BCUT2D eigenvalue weighted by Gasteiger charge is -2.35. The highest BCUT2D eigenvalue weighted by molar-refractivity contribution is 5.45. The van der Waals surface area contributed by atoms with Gasteiger partial charge in [-0.3, -0.25) is 15.0 Å². The smallest absolute Gasteiger partial charge is 0.310 e. The van der Waals surface area contributed by atoms with Crippen LogP contribution in [0.2, 0.25) is 0 Å². The van der Waals surface area contributed by atoms with E-state index in [2.05, 4.69) is 18.7 Å². The fourth-order valence-corrected chi connectivity index (χ4v) is 2.22. The Kier molecular flexibility index (Phi) is 4.92. The second-order valence-corrected chi connectivity index (χ2v) is 5.12. The highest BCUT2D eigenvalue weighted by Gasteiger charge is 2.23. The van der Waals surface area contributed by atoms with E-state index in [9.17, 15) is 10.1 Å². The van der Waals surface area contributed by atoms with Gasteiger partial charge in [-0.15, -0.1) is 0 Å². The van der Waals surface area contributed by atoms with Gasteiger partial charge >= 0.3 is 5.69 Å². The molecule has 1 aliphatic rings. The van der Waals surface area contributed by atoms with Crippen molar-refractivity contribution >= 4 is 5.69 Å². The summed E-state index contributed by atoms with van der Waals surface area (Å²) in [5.41, 5.74) is -0.0102. The predicted molar refractivity (Wildman–Crippen MR) is 75.0 cm³/mol. The minimum Gasteiger partial charge on any atom is -0.484 e. The average molecular weight is 280 g/mol. The molecule has 6 nitrogen and oxygen atoms in total. The minimum atomic E-state index is -0.433. The molecular weight excluding hydrogens is 260 g/mol. The molecule has 0 N–H and O–H groups in total. The first-order chi connectivity index (χ1) is 9.58. The van der Waals surface area contributed by atoms with E-state index in [0.717, 1.165) is 13.1 Å². The number of nitro groups is 1. The van der Waals surface area contributed by atoms with Crippen molar-refractivity contribution in [2.75, 3.05) is 26.3 Å². The third-order valence-electron chi connectivity index (χ3n) is 3.39. The molecule has 0 unspecified atom stereocenters. The Morgan fingerprint density at radius 3 is 2.95 bits per heavy atom. The summed E-state index contributed by atoms with van der Waals surface area (Å²) in [6.07, 6.45) is -0.0500. The van der Waals surface area contributed by atoms with Crippen LogP contribution in [0.25, 0.3) is 0 Å². The molecule has 1 saturated heterocycles. The Labute approximate surface area is 118 Å². The number of para-hydroxylation sites is 2. The summed E-state index contributed by atoms with van der Waals surface area (Å²) in [6, 6.07) is 6.87. The maximum absolute atomic E-state index is 10.9. The van der Waals surface area contributed by atoms with Crippen LogP contribution in [0.3, 0.4) is 0 Å². The molecule has 1 aliphatic heterocycles. The molecule has 20 heavy (non-hydrogen) atoms. The number of nitrogens with zero attached hydrogens (tertiary/aromatic N) is 2. The van der Waals surface area contributed by atoms with E-state index in [1.54, 1.807) is 18.2 Å². The van der Waals surface area contributed by atoms with Crippen molar-refractivity contribution in [1.82, 2.24) is 4.90 Å². The average Bonchev–Trinajstić information content (AvgIpc) is 2.45. The Morgan fingerprint density at radius 1 is 1.50 bits per heavy atom. The van der Waals surface area contributed by atoms with E-state index in [4.69, 9.17) is 9.47 Å². The molecule has 1 aromatic rings. The van der Waals surface area contributed by atoms with E-state index < -0.39 is 4.92 Å². The van der Waals surface area contributed by atoms with Crippen molar-refractivity contribution in [2.24, 2.45) is 0 Å². The van der Waals surface area contributed by atoms with Gasteiger partial charge in [0.25, 0.3) is 0 Å². The van der Waals surface area contributed by atoms with Crippen LogP contribution in [0, 0.1) is 10.1 Å². The van der Waals surface area contributed by atoms with E-state index in [1.165, 1.54) is 6.07 Å². The summed E-state index contributed by atoms with van der Waals surface area (Å²) in [5.74, 6) is 0.294. The molecule has 0 aromatic heterocycles. The monoisotopic (exact) mass is 280 g/mol. The molecule has 1 atom stereocenters. The number of benzene rings is 1. The van der Waals surface area contributed by atoms with Gasteiger partial charge in [0.2, 0.25) is 0 Å².